The average molecular weight is 445 g/mol. The van der Waals surface area contributed by atoms with Crippen molar-refractivity contribution < 1.29 is 19.0 Å². The Labute approximate surface area is 173 Å². The summed E-state index contributed by atoms with van der Waals surface area (Å²) in [5.41, 5.74) is 0. The molecule has 0 aromatic heterocycles. The van der Waals surface area contributed by atoms with Crippen LogP contribution in [0.25, 0.3) is 0 Å². The Hall–Kier alpha value is -0.850. The van der Waals surface area contributed by atoms with Gasteiger partial charge in [-0.2, -0.15) is 0 Å². The molecule has 1 rings (SSSR count). The van der Waals surface area contributed by atoms with E-state index < -0.39 is 0 Å². The zero-order valence-corrected chi connectivity index (χ0v) is 17.4. The monoisotopic (exact) mass is 443 g/mol. The predicted octanol–water partition coefficient (Wildman–Crippen LogP) is 5.89. The summed E-state index contributed by atoms with van der Waals surface area (Å²) in [6.45, 7) is 4.12. The van der Waals surface area contributed by atoms with Crippen LogP contribution in [0.5, 0.6) is 11.5 Å². The summed E-state index contributed by atoms with van der Waals surface area (Å²) < 4.78 is 16.6. The van der Waals surface area contributed by atoms with Gasteiger partial charge in [-0.05, 0) is 25.8 Å². The Bertz CT molecular complexity index is 569. The number of ether oxygens (including phenoxy) is 3. The molecule has 1 aromatic rings. The van der Waals surface area contributed by atoms with Gasteiger partial charge in [0.2, 0.25) is 0 Å². The van der Waals surface area contributed by atoms with Crippen molar-refractivity contribution in [3.05, 3.63) is 32.7 Å². The predicted molar refractivity (Wildman–Crippen MR) is 107 cm³/mol. The van der Waals surface area contributed by atoms with Gasteiger partial charge in [0.1, 0.15) is 23.5 Å². The first-order chi connectivity index (χ1) is 12.5. The van der Waals surface area contributed by atoms with E-state index in [0.717, 1.165) is 12.8 Å². The first-order valence-corrected chi connectivity index (χ1v) is 9.53. The van der Waals surface area contributed by atoms with Crippen LogP contribution in [-0.2, 0) is 9.57 Å². The lowest BCUT2D eigenvalue weighted by atomic mass is 10.3. The van der Waals surface area contributed by atoms with Crippen LogP contribution in [0.3, 0.4) is 0 Å². The standard InChI is InChI=1S/C17H21Cl4NO4/c1-2-26-22-6-10-23-7-3-4-8-25-17-14(18)11-13(12-15(17)19)24-9-5-16(20)21/h5-6,11-12H,2-4,7-10H2,1H3. The van der Waals surface area contributed by atoms with E-state index in [2.05, 4.69) is 5.16 Å². The molecule has 146 valence electrons. The summed E-state index contributed by atoms with van der Waals surface area (Å²) in [6.07, 6.45) is 4.73. The largest absolute Gasteiger partial charge is 0.490 e. The van der Waals surface area contributed by atoms with Crippen molar-refractivity contribution >= 4 is 52.6 Å². The van der Waals surface area contributed by atoms with Gasteiger partial charge in [-0.1, -0.05) is 51.6 Å². The third kappa shape index (κ3) is 10.3. The van der Waals surface area contributed by atoms with Crippen LogP contribution >= 0.6 is 46.4 Å². The molecule has 0 fully saturated rings. The van der Waals surface area contributed by atoms with E-state index in [4.69, 9.17) is 65.5 Å². The fourth-order valence-corrected chi connectivity index (χ4v) is 2.44. The molecular formula is C17H21Cl4NO4. The SMILES string of the molecule is CCON=CCOCCCCOc1c(Cl)cc(OCC=C(Cl)Cl)cc1Cl. The van der Waals surface area contributed by atoms with Gasteiger partial charge in [0.05, 0.1) is 29.5 Å². The van der Waals surface area contributed by atoms with E-state index in [0.29, 0.717) is 48.0 Å². The molecule has 5 nitrogen and oxygen atoms in total. The minimum absolute atomic E-state index is 0.132. The minimum atomic E-state index is 0.132. The second kappa shape index (κ2) is 14.2. The fraction of sp³-hybridized carbons (Fsp3) is 0.471. The van der Waals surface area contributed by atoms with Crippen LogP contribution in [0, 0.1) is 0 Å². The van der Waals surface area contributed by atoms with Gasteiger partial charge in [0, 0.05) is 18.7 Å². The maximum Gasteiger partial charge on any atom is 0.156 e. The fourth-order valence-electron chi connectivity index (χ4n) is 1.73. The average Bonchev–Trinajstić information content (AvgIpc) is 2.58. The van der Waals surface area contributed by atoms with E-state index in [1.54, 1.807) is 18.3 Å². The lowest BCUT2D eigenvalue weighted by Crippen LogP contribution is -2.03. The zero-order chi connectivity index (χ0) is 19.2. The molecule has 26 heavy (non-hydrogen) atoms. The van der Waals surface area contributed by atoms with Gasteiger partial charge in [-0.25, -0.2) is 0 Å². The summed E-state index contributed by atoms with van der Waals surface area (Å²) in [4.78, 5) is 4.81. The molecule has 0 aliphatic rings. The Morgan fingerprint density at radius 3 is 2.38 bits per heavy atom. The van der Waals surface area contributed by atoms with Crippen LogP contribution in [0.4, 0.5) is 0 Å². The molecular weight excluding hydrogens is 424 g/mol. The molecule has 0 saturated carbocycles. The van der Waals surface area contributed by atoms with Gasteiger partial charge in [-0.3, -0.25) is 0 Å². The van der Waals surface area contributed by atoms with Gasteiger partial charge >= 0.3 is 0 Å². The topological polar surface area (TPSA) is 49.3 Å². The van der Waals surface area contributed by atoms with Crippen LogP contribution < -0.4 is 9.47 Å². The summed E-state index contributed by atoms with van der Waals surface area (Å²) in [7, 11) is 0. The second-order valence-corrected chi connectivity index (χ2v) is 6.68. The Morgan fingerprint density at radius 2 is 1.73 bits per heavy atom. The number of halogens is 4. The maximum atomic E-state index is 6.19. The summed E-state index contributed by atoms with van der Waals surface area (Å²) in [6, 6.07) is 3.25. The number of unbranched alkanes of at least 4 members (excludes halogenated alkanes) is 1. The molecule has 0 heterocycles. The summed E-state index contributed by atoms with van der Waals surface area (Å²) in [5.74, 6) is 0.927. The maximum absolute atomic E-state index is 6.19. The van der Waals surface area contributed by atoms with Crippen molar-refractivity contribution in [1.82, 2.24) is 0 Å². The minimum Gasteiger partial charge on any atom is -0.490 e. The van der Waals surface area contributed by atoms with E-state index in [1.165, 1.54) is 6.08 Å². The highest BCUT2D eigenvalue weighted by Gasteiger charge is 2.10. The lowest BCUT2D eigenvalue weighted by molar-refractivity contribution is 0.144. The van der Waals surface area contributed by atoms with Crippen LogP contribution in [0.1, 0.15) is 19.8 Å². The molecule has 0 amide bonds. The third-order valence-corrected chi connectivity index (χ3v) is 3.73. The van der Waals surface area contributed by atoms with Crippen LogP contribution in [0.2, 0.25) is 10.0 Å². The molecule has 0 atom stereocenters. The van der Waals surface area contributed by atoms with Gasteiger partial charge < -0.3 is 19.0 Å². The van der Waals surface area contributed by atoms with Crippen LogP contribution in [-0.4, -0.2) is 39.2 Å². The van der Waals surface area contributed by atoms with Crippen molar-refractivity contribution in [2.75, 3.05) is 33.0 Å². The van der Waals surface area contributed by atoms with Crippen LogP contribution in [0.15, 0.2) is 27.9 Å². The molecule has 0 aliphatic heterocycles. The Morgan fingerprint density at radius 1 is 1.04 bits per heavy atom. The Kier molecular flexibility index (Phi) is 12.7. The van der Waals surface area contributed by atoms with Gasteiger partial charge in [-0.15, -0.1) is 0 Å². The third-order valence-electron chi connectivity index (χ3n) is 2.86. The smallest absolute Gasteiger partial charge is 0.156 e. The number of nitrogens with zero attached hydrogens (tertiary/aromatic N) is 1. The zero-order valence-electron chi connectivity index (χ0n) is 14.4. The molecule has 9 heteroatoms. The summed E-state index contributed by atoms with van der Waals surface area (Å²) in [5, 5.41) is 4.43. The molecule has 0 saturated heterocycles. The van der Waals surface area contributed by atoms with Crippen molar-refractivity contribution in [3.8, 4) is 11.5 Å². The number of benzene rings is 1. The Balaban J connectivity index is 2.29. The van der Waals surface area contributed by atoms with Gasteiger partial charge in [0.25, 0.3) is 0 Å². The first-order valence-electron chi connectivity index (χ1n) is 8.02. The number of rotatable bonds is 13. The first kappa shape index (κ1) is 23.2. The highest BCUT2D eigenvalue weighted by atomic mass is 35.5. The van der Waals surface area contributed by atoms with E-state index in [-0.39, 0.29) is 11.1 Å². The summed E-state index contributed by atoms with van der Waals surface area (Å²) >= 11 is 23.4. The van der Waals surface area contributed by atoms with Crippen molar-refractivity contribution in [3.63, 3.8) is 0 Å². The van der Waals surface area contributed by atoms with E-state index in [9.17, 15) is 0 Å². The van der Waals surface area contributed by atoms with Crippen molar-refractivity contribution in [1.29, 1.82) is 0 Å². The molecule has 0 aliphatic carbocycles. The number of hydrogen-bond donors (Lipinski definition) is 0. The molecule has 0 radical (unpaired) electrons. The van der Waals surface area contributed by atoms with E-state index >= 15 is 0 Å². The molecule has 1 aromatic carbocycles. The van der Waals surface area contributed by atoms with Crippen molar-refractivity contribution in [2.45, 2.75) is 19.8 Å². The van der Waals surface area contributed by atoms with Gasteiger partial charge in [0.15, 0.2) is 5.75 Å². The highest BCUT2D eigenvalue weighted by molar-refractivity contribution is 6.55. The molecule has 0 N–H and O–H groups in total. The van der Waals surface area contributed by atoms with E-state index in [1.807, 2.05) is 6.92 Å². The highest BCUT2D eigenvalue weighted by Crippen LogP contribution is 2.37. The number of oxime groups is 1. The number of hydrogen-bond acceptors (Lipinski definition) is 5. The second-order valence-electron chi connectivity index (χ2n) is 4.86. The molecule has 0 bridgehead atoms. The van der Waals surface area contributed by atoms with Crippen molar-refractivity contribution in [2.24, 2.45) is 5.16 Å². The molecule has 0 spiro atoms. The lowest BCUT2D eigenvalue weighted by Gasteiger charge is -2.12. The normalized spacial score (nSPS) is 10.8. The quantitative estimate of drug-likeness (QED) is 0.216. The molecule has 0 unspecified atom stereocenters.